The molecule has 0 fully saturated rings. The van der Waals surface area contributed by atoms with Crippen LogP contribution in [0.3, 0.4) is 0 Å². The highest BCUT2D eigenvalue weighted by atomic mass is 15.2. The van der Waals surface area contributed by atoms with Crippen LogP contribution in [-0.4, -0.2) is 37.1 Å². The maximum Gasteiger partial charge on any atom is 0.0221 e. The number of nitrogens with one attached hydrogen (secondary N) is 1. The molecule has 0 saturated carbocycles. The van der Waals surface area contributed by atoms with Gasteiger partial charge in [0.1, 0.15) is 0 Å². The van der Waals surface area contributed by atoms with Crippen LogP contribution in [0.5, 0.6) is 0 Å². The fourth-order valence-electron chi connectivity index (χ4n) is 1.54. The van der Waals surface area contributed by atoms with Crippen LogP contribution in [0, 0.1) is 0 Å². The predicted octanol–water partition coefficient (Wildman–Crippen LogP) is 1.88. The fourth-order valence-corrected chi connectivity index (χ4v) is 1.54. The molecule has 0 saturated heterocycles. The van der Waals surface area contributed by atoms with E-state index in [9.17, 15) is 0 Å². The molecule has 0 amide bonds. The minimum atomic E-state index is 0.656. The third-order valence-corrected chi connectivity index (χ3v) is 2.39. The van der Waals surface area contributed by atoms with Crippen LogP contribution < -0.4 is 5.32 Å². The first kappa shape index (κ1) is 12.7. The third kappa shape index (κ3) is 5.06. The molecule has 0 aliphatic rings. The first-order valence-electron chi connectivity index (χ1n) is 5.35. The Morgan fingerprint density at radius 3 is 2.46 bits per heavy atom. The van der Waals surface area contributed by atoms with Gasteiger partial charge in [0.15, 0.2) is 0 Å². The molecule has 0 bridgehead atoms. The predicted molar refractivity (Wildman–Crippen MR) is 60.1 cm³/mol. The lowest BCUT2D eigenvalue weighted by atomic mass is 10.2. The van der Waals surface area contributed by atoms with Crippen LogP contribution in [0.1, 0.15) is 27.2 Å². The summed E-state index contributed by atoms with van der Waals surface area (Å²) in [7, 11) is 0. The molecule has 2 heteroatoms. The molecule has 0 radical (unpaired) electrons. The molecule has 1 N–H and O–H groups in total. The van der Waals surface area contributed by atoms with Gasteiger partial charge in [-0.1, -0.05) is 26.8 Å². The maximum atomic E-state index is 3.78. The highest BCUT2D eigenvalue weighted by molar-refractivity contribution is 4.79. The van der Waals surface area contributed by atoms with Crippen molar-refractivity contribution in [2.75, 3.05) is 26.2 Å². The Morgan fingerprint density at radius 2 is 2.08 bits per heavy atom. The van der Waals surface area contributed by atoms with Crippen molar-refractivity contribution in [2.24, 2.45) is 0 Å². The van der Waals surface area contributed by atoms with Gasteiger partial charge in [-0.2, -0.15) is 0 Å². The van der Waals surface area contributed by atoms with Crippen molar-refractivity contribution in [3.05, 3.63) is 12.7 Å². The Bertz CT molecular complexity index is 123. The number of hydrogen-bond acceptors (Lipinski definition) is 2. The van der Waals surface area contributed by atoms with Gasteiger partial charge in [-0.05, 0) is 19.5 Å². The largest absolute Gasteiger partial charge is 0.315 e. The first-order valence-corrected chi connectivity index (χ1v) is 5.35. The van der Waals surface area contributed by atoms with Crippen molar-refractivity contribution in [3.63, 3.8) is 0 Å². The van der Waals surface area contributed by atoms with Crippen molar-refractivity contribution in [1.82, 2.24) is 10.2 Å². The normalized spacial score (nSPS) is 13.2. The lowest BCUT2D eigenvalue weighted by Crippen LogP contribution is -2.42. The summed E-state index contributed by atoms with van der Waals surface area (Å²) in [5.74, 6) is 0. The van der Waals surface area contributed by atoms with Gasteiger partial charge in [-0.25, -0.2) is 0 Å². The quantitative estimate of drug-likeness (QED) is 0.579. The van der Waals surface area contributed by atoms with E-state index in [-0.39, 0.29) is 0 Å². The topological polar surface area (TPSA) is 15.3 Å². The SMILES string of the molecule is C=CCN(CC)C(CC)CNCC. The van der Waals surface area contributed by atoms with E-state index < -0.39 is 0 Å². The second-order valence-corrected chi connectivity index (χ2v) is 3.25. The zero-order chi connectivity index (χ0) is 10.1. The van der Waals surface area contributed by atoms with Crippen LogP contribution in [0.15, 0.2) is 12.7 Å². The highest BCUT2D eigenvalue weighted by Crippen LogP contribution is 2.02. The summed E-state index contributed by atoms with van der Waals surface area (Å²) in [5, 5.41) is 3.40. The van der Waals surface area contributed by atoms with Gasteiger partial charge in [-0.3, -0.25) is 4.90 Å². The molecule has 0 heterocycles. The minimum Gasteiger partial charge on any atom is -0.315 e. The Hall–Kier alpha value is -0.340. The van der Waals surface area contributed by atoms with Crippen LogP contribution in [0.2, 0.25) is 0 Å². The smallest absolute Gasteiger partial charge is 0.0221 e. The standard InChI is InChI=1S/C11H24N2/c1-5-9-13(8-4)11(6-2)10-12-7-3/h5,11-12H,1,6-10H2,2-4H3. The van der Waals surface area contributed by atoms with Crippen molar-refractivity contribution in [3.8, 4) is 0 Å². The van der Waals surface area contributed by atoms with E-state index in [2.05, 4.69) is 37.6 Å². The molecular formula is C11H24N2. The van der Waals surface area contributed by atoms with Gasteiger partial charge in [0.25, 0.3) is 0 Å². The highest BCUT2D eigenvalue weighted by Gasteiger charge is 2.12. The Balaban J connectivity index is 3.91. The first-order chi connectivity index (χ1) is 6.29. The van der Waals surface area contributed by atoms with Gasteiger partial charge in [0, 0.05) is 19.1 Å². The van der Waals surface area contributed by atoms with Crippen LogP contribution in [0.25, 0.3) is 0 Å². The van der Waals surface area contributed by atoms with Gasteiger partial charge in [0.05, 0.1) is 0 Å². The summed E-state index contributed by atoms with van der Waals surface area (Å²) in [6, 6.07) is 0.656. The zero-order valence-corrected chi connectivity index (χ0v) is 9.34. The van der Waals surface area contributed by atoms with E-state index in [1.54, 1.807) is 0 Å². The summed E-state index contributed by atoms with van der Waals surface area (Å²) < 4.78 is 0. The van der Waals surface area contributed by atoms with Gasteiger partial charge >= 0.3 is 0 Å². The average molecular weight is 184 g/mol. The zero-order valence-electron chi connectivity index (χ0n) is 9.34. The molecule has 1 unspecified atom stereocenters. The monoisotopic (exact) mass is 184 g/mol. The van der Waals surface area contributed by atoms with Crippen molar-refractivity contribution < 1.29 is 0 Å². The lowest BCUT2D eigenvalue weighted by molar-refractivity contribution is 0.217. The summed E-state index contributed by atoms with van der Waals surface area (Å²) in [6.45, 7) is 14.6. The molecule has 0 aliphatic carbocycles. The molecule has 0 rings (SSSR count). The van der Waals surface area contributed by atoms with E-state index in [1.165, 1.54) is 6.42 Å². The van der Waals surface area contributed by atoms with E-state index >= 15 is 0 Å². The molecule has 0 aromatic rings. The van der Waals surface area contributed by atoms with Crippen molar-refractivity contribution >= 4 is 0 Å². The molecule has 0 aromatic heterocycles. The second kappa shape index (κ2) is 8.27. The molecule has 0 aliphatic heterocycles. The van der Waals surface area contributed by atoms with Gasteiger partial charge < -0.3 is 5.32 Å². The molecule has 78 valence electrons. The van der Waals surface area contributed by atoms with Gasteiger partial charge in [0.2, 0.25) is 0 Å². The number of hydrogen-bond donors (Lipinski definition) is 1. The second-order valence-electron chi connectivity index (χ2n) is 3.25. The summed E-state index contributed by atoms with van der Waals surface area (Å²) in [4.78, 5) is 2.45. The van der Waals surface area contributed by atoms with Crippen LogP contribution in [0.4, 0.5) is 0 Å². The van der Waals surface area contributed by atoms with E-state index in [1.807, 2.05) is 6.08 Å². The molecule has 2 nitrogen and oxygen atoms in total. The fraction of sp³-hybridized carbons (Fsp3) is 0.818. The summed E-state index contributed by atoms with van der Waals surface area (Å²) in [6.07, 6.45) is 3.19. The summed E-state index contributed by atoms with van der Waals surface area (Å²) in [5.41, 5.74) is 0. The minimum absolute atomic E-state index is 0.656. The molecule has 0 aromatic carbocycles. The Morgan fingerprint density at radius 1 is 1.38 bits per heavy atom. The van der Waals surface area contributed by atoms with Crippen LogP contribution >= 0.6 is 0 Å². The third-order valence-electron chi connectivity index (χ3n) is 2.39. The van der Waals surface area contributed by atoms with Gasteiger partial charge in [-0.15, -0.1) is 6.58 Å². The number of likely N-dealkylation sites (N-methyl/N-ethyl adjacent to an activating group) is 2. The van der Waals surface area contributed by atoms with E-state index in [4.69, 9.17) is 0 Å². The number of rotatable bonds is 8. The molecule has 1 atom stereocenters. The lowest BCUT2D eigenvalue weighted by Gasteiger charge is -2.29. The molecular weight excluding hydrogens is 160 g/mol. The Kier molecular flexibility index (Phi) is 8.05. The van der Waals surface area contributed by atoms with Crippen molar-refractivity contribution in [2.45, 2.75) is 33.2 Å². The maximum absolute atomic E-state index is 3.78. The molecule has 0 spiro atoms. The van der Waals surface area contributed by atoms with E-state index in [0.29, 0.717) is 6.04 Å². The van der Waals surface area contributed by atoms with Crippen molar-refractivity contribution in [1.29, 1.82) is 0 Å². The number of nitrogens with zero attached hydrogens (tertiary/aromatic N) is 1. The average Bonchev–Trinajstić information content (AvgIpc) is 2.17. The summed E-state index contributed by atoms with van der Waals surface area (Å²) >= 11 is 0. The van der Waals surface area contributed by atoms with E-state index in [0.717, 1.165) is 26.2 Å². The Labute approximate surface area is 83.0 Å². The molecule has 13 heavy (non-hydrogen) atoms. The van der Waals surface area contributed by atoms with Crippen LogP contribution in [-0.2, 0) is 0 Å².